The van der Waals surface area contributed by atoms with Crippen LogP contribution >= 0.6 is 7.60 Å². The average Bonchev–Trinajstić information content (AvgIpc) is 2.90. The molecule has 0 saturated carbocycles. The van der Waals surface area contributed by atoms with E-state index in [0.717, 1.165) is 0 Å². The Balaban J connectivity index is 2.09. The highest BCUT2D eigenvalue weighted by atomic mass is 31.2. The van der Waals surface area contributed by atoms with Crippen molar-refractivity contribution in [2.75, 3.05) is 13.2 Å². The largest absolute Gasteiger partial charge is 0.379 e. The number of hydrogen-bond donors (Lipinski definition) is 0. The summed E-state index contributed by atoms with van der Waals surface area (Å²) < 4.78 is 23.0. The van der Waals surface area contributed by atoms with Gasteiger partial charge in [0.1, 0.15) is 5.71 Å². The monoisotopic (exact) mass is 284 g/mol. The third-order valence-electron chi connectivity index (χ3n) is 2.58. The van der Waals surface area contributed by atoms with Crippen LogP contribution in [-0.2, 0) is 18.5 Å². The summed E-state index contributed by atoms with van der Waals surface area (Å²) in [5.74, 6) is -0.690. The molecule has 0 amide bonds. The Bertz CT molecular complexity index is 482. The first-order valence-corrected chi connectivity index (χ1v) is 7.83. The number of aromatic nitrogens is 1. The molecule has 104 valence electrons. The van der Waals surface area contributed by atoms with E-state index in [1.807, 2.05) is 18.2 Å². The lowest BCUT2D eigenvalue weighted by Crippen LogP contribution is -2.14. The third-order valence-corrected chi connectivity index (χ3v) is 4.80. The van der Waals surface area contributed by atoms with Gasteiger partial charge >= 0.3 is 7.60 Å². The van der Waals surface area contributed by atoms with Gasteiger partial charge < -0.3 is 13.9 Å². The van der Waals surface area contributed by atoms with Crippen molar-refractivity contribution in [1.82, 2.24) is 4.98 Å². The Morgan fingerprint density at radius 2 is 2.11 bits per heavy atom. The smallest absolute Gasteiger partial charge is 0.374 e. The second-order valence-electron chi connectivity index (χ2n) is 3.89. The molecule has 1 aromatic rings. The Morgan fingerprint density at radius 1 is 1.37 bits per heavy atom. The lowest BCUT2D eigenvalue weighted by molar-refractivity contribution is 0.0959. The van der Waals surface area contributed by atoms with Gasteiger partial charge in [-0.25, -0.2) is 0 Å². The topological polar surface area (TPSA) is 70.0 Å². The van der Waals surface area contributed by atoms with Gasteiger partial charge in [0, 0.05) is 12.6 Å². The van der Waals surface area contributed by atoms with Crippen molar-refractivity contribution in [2.24, 2.45) is 5.16 Å². The van der Waals surface area contributed by atoms with Crippen molar-refractivity contribution in [2.45, 2.75) is 26.1 Å². The van der Waals surface area contributed by atoms with Crippen LogP contribution in [0.25, 0.3) is 0 Å². The predicted octanol–water partition coefficient (Wildman–Crippen LogP) is 2.80. The highest BCUT2D eigenvalue weighted by Crippen LogP contribution is 2.56. The molecule has 0 spiro atoms. The first-order valence-electron chi connectivity index (χ1n) is 6.22. The maximum absolute atomic E-state index is 12.5. The van der Waals surface area contributed by atoms with E-state index in [0.29, 0.717) is 31.0 Å². The SMILES string of the molecule is CCOP(=O)(OCC)C1CC(c2ccccn2)=NO1. The Morgan fingerprint density at radius 3 is 2.68 bits per heavy atom. The molecule has 7 heteroatoms. The molecule has 0 aliphatic carbocycles. The average molecular weight is 284 g/mol. The first-order chi connectivity index (χ1) is 9.19. The summed E-state index contributed by atoms with van der Waals surface area (Å²) in [4.78, 5) is 9.41. The predicted molar refractivity (Wildman–Crippen MR) is 71.1 cm³/mol. The molecule has 19 heavy (non-hydrogen) atoms. The van der Waals surface area contributed by atoms with Crippen LogP contribution in [0.1, 0.15) is 26.0 Å². The maximum Gasteiger partial charge on any atom is 0.374 e. The quantitative estimate of drug-likeness (QED) is 0.751. The molecule has 0 saturated heterocycles. The molecule has 0 radical (unpaired) electrons. The van der Waals surface area contributed by atoms with E-state index in [2.05, 4.69) is 10.1 Å². The summed E-state index contributed by atoms with van der Waals surface area (Å²) in [5, 5.41) is 3.94. The van der Waals surface area contributed by atoms with Gasteiger partial charge in [0.15, 0.2) is 0 Å². The van der Waals surface area contributed by atoms with E-state index in [-0.39, 0.29) is 0 Å². The molecule has 1 aliphatic heterocycles. The molecular weight excluding hydrogens is 267 g/mol. The van der Waals surface area contributed by atoms with E-state index in [9.17, 15) is 4.57 Å². The van der Waals surface area contributed by atoms with Crippen molar-refractivity contribution in [3.8, 4) is 0 Å². The van der Waals surface area contributed by atoms with Crippen LogP contribution in [0.4, 0.5) is 0 Å². The first kappa shape index (κ1) is 14.2. The minimum Gasteiger partial charge on any atom is -0.379 e. The number of rotatable bonds is 6. The fraction of sp³-hybridized carbons (Fsp3) is 0.500. The lowest BCUT2D eigenvalue weighted by atomic mass is 10.2. The van der Waals surface area contributed by atoms with Crippen molar-refractivity contribution < 1.29 is 18.5 Å². The van der Waals surface area contributed by atoms with Crippen LogP contribution in [0.3, 0.4) is 0 Å². The molecule has 0 bridgehead atoms. The second kappa shape index (κ2) is 6.28. The van der Waals surface area contributed by atoms with Crippen molar-refractivity contribution >= 4 is 13.3 Å². The van der Waals surface area contributed by atoms with E-state index in [1.54, 1.807) is 20.0 Å². The zero-order chi connectivity index (χ0) is 13.7. The number of oxime groups is 1. The van der Waals surface area contributed by atoms with Gasteiger partial charge in [0.05, 0.1) is 18.9 Å². The zero-order valence-corrected chi connectivity index (χ0v) is 11.9. The van der Waals surface area contributed by atoms with E-state index in [4.69, 9.17) is 13.9 Å². The van der Waals surface area contributed by atoms with Crippen LogP contribution in [0, 0.1) is 0 Å². The van der Waals surface area contributed by atoms with E-state index >= 15 is 0 Å². The van der Waals surface area contributed by atoms with E-state index in [1.165, 1.54) is 0 Å². The van der Waals surface area contributed by atoms with E-state index < -0.39 is 13.4 Å². The van der Waals surface area contributed by atoms with Gasteiger partial charge in [-0.3, -0.25) is 9.55 Å². The van der Waals surface area contributed by atoms with Crippen LogP contribution in [-0.4, -0.2) is 29.8 Å². The van der Waals surface area contributed by atoms with Gasteiger partial charge in [0.2, 0.25) is 5.85 Å². The zero-order valence-electron chi connectivity index (χ0n) is 11.0. The minimum atomic E-state index is -3.29. The summed E-state index contributed by atoms with van der Waals surface area (Å²) in [6, 6.07) is 5.52. The highest BCUT2D eigenvalue weighted by Gasteiger charge is 2.42. The summed E-state index contributed by atoms with van der Waals surface area (Å²) in [7, 11) is -3.29. The molecule has 0 fully saturated rings. The number of hydrogen-bond acceptors (Lipinski definition) is 6. The van der Waals surface area contributed by atoms with Gasteiger partial charge in [0.25, 0.3) is 0 Å². The van der Waals surface area contributed by atoms with Gasteiger partial charge in [-0.2, -0.15) is 0 Å². The molecule has 1 aliphatic rings. The summed E-state index contributed by atoms with van der Waals surface area (Å²) in [6.07, 6.45) is 2.05. The highest BCUT2D eigenvalue weighted by molar-refractivity contribution is 7.54. The third kappa shape index (κ3) is 3.21. The van der Waals surface area contributed by atoms with Gasteiger partial charge in [-0.15, -0.1) is 0 Å². The molecule has 0 aromatic carbocycles. The Kier molecular flexibility index (Phi) is 4.69. The second-order valence-corrected chi connectivity index (χ2v) is 6.06. The van der Waals surface area contributed by atoms with Gasteiger partial charge in [-0.05, 0) is 26.0 Å². The van der Waals surface area contributed by atoms with Crippen molar-refractivity contribution in [3.05, 3.63) is 30.1 Å². The lowest BCUT2D eigenvalue weighted by Gasteiger charge is -2.20. The molecule has 2 heterocycles. The molecule has 2 rings (SSSR count). The summed E-state index contributed by atoms with van der Waals surface area (Å²) in [6.45, 7) is 4.13. The molecule has 0 N–H and O–H groups in total. The molecule has 1 aromatic heterocycles. The van der Waals surface area contributed by atoms with Crippen molar-refractivity contribution in [3.63, 3.8) is 0 Å². The maximum atomic E-state index is 12.5. The van der Waals surface area contributed by atoms with Crippen LogP contribution in [0.15, 0.2) is 29.6 Å². The molecular formula is C12H17N2O4P. The number of pyridine rings is 1. The molecule has 1 unspecified atom stereocenters. The molecule has 6 nitrogen and oxygen atoms in total. The standard InChI is InChI=1S/C12H17N2O4P/c1-3-16-19(15,17-4-2)12-9-11(14-18-12)10-7-5-6-8-13-10/h5-8,12H,3-4,9H2,1-2H3. The minimum absolute atomic E-state index is 0.302. The normalized spacial score (nSPS) is 19.1. The summed E-state index contributed by atoms with van der Waals surface area (Å²) >= 11 is 0. The fourth-order valence-corrected chi connectivity index (χ4v) is 3.47. The fourth-order valence-electron chi connectivity index (χ4n) is 1.78. The Hall–Kier alpha value is -1.23. The van der Waals surface area contributed by atoms with Crippen molar-refractivity contribution in [1.29, 1.82) is 0 Å². The van der Waals surface area contributed by atoms with Crippen LogP contribution in [0.2, 0.25) is 0 Å². The van der Waals surface area contributed by atoms with Crippen LogP contribution < -0.4 is 0 Å². The number of nitrogens with zero attached hydrogens (tertiary/aromatic N) is 2. The Labute approximate surface area is 112 Å². The van der Waals surface area contributed by atoms with Gasteiger partial charge in [-0.1, -0.05) is 11.2 Å². The summed E-state index contributed by atoms with van der Waals surface area (Å²) in [5.41, 5.74) is 1.37. The molecule has 1 atom stereocenters. The van der Waals surface area contributed by atoms with Crippen LogP contribution in [0.5, 0.6) is 0 Å².